The lowest BCUT2D eigenvalue weighted by molar-refractivity contribution is -0.387. The van der Waals surface area contributed by atoms with Crippen molar-refractivity contribution in [2.45, 2.75) is 0 Å². The number of hydrogen-bond acceptors (Lipinski definition) is 6. The summed E-state index contributed by atoms with van der Waals surface area (Å²) in [5.74, 6) is -4.60. The number of halogens is 2. The minimum Gasteiger partial charge on any atom is -0.477 e. The zero-order valence-corrected chi connectivity index (χ0v) is 9.99. The van der Waals surface area contributed by atoms with Crippen molar-refractivity contribution in [1.29, 1.82) is 0 Å². The molecule has 0 atom stereocenters. The molecule has 0 amide bonds. The van der Waals surface area contributed by atoms with Gasteiger partial charge in [0.25, 0.3) is 0 Å². The highest BCUT2D eigenvalue weighted by atomic mass is 19.1. The summed E-state index contributed by atoms with van der Waals surface area (Å²) in [6, 6.07) is 1.32. The fraction of sp³-hybridized carbons (Fsp3) is 0. The molecule has 0 unspecified atom stereocenters. The van der Waals surface area contributed by atoms with Crippen LogP contribution < -0.4 is 4.74 Å². The molecule has 108 valence electrons. The Morgan fingerprint density at radius 2 is 2.05 bits per heavy atom. The van der Waals surface area contributed by atoms with E-state index >= 15 is 0 Å². The Kier molecular flexibility index (Phi) is 3.69. The van der Waals surface area contributed by atoms with Crippen LogP contribution in [0.2, 0.25) is 0 Å². The van der Waals surface area contributed by atoms with Crippen molar-refractivity contribution in [2.75, 3.05) is 0 Å². The van der Waals surface area contributed by atoms with E-state index in [9.17, 15) is 23.7 Å². The van der Waals surface area contributed by atoms with E-state index in [1.54, 1.807) is 0 Å². The third-order valence-electron chi connectivity index (χ3n) is 2.25. The Morgan fingerprint density at radius 3 is 2.67 bits per heavy atom. The topological polar surface area (TPSA) is 115 Å². The SMILES string of the molecule is O=C(O)c1ccnc(Oc2cc(F)c([N+](=O)[O-])cc2F)n1. The zero-order chi connectivity index (χ0) is 15.6. The molecule has 21 heavy (non-hydrogen) atoms. The normalized spacial score (nSPS) is 10.2. The van der Waals surface area contributed by atoms with Crippen LogP contribution in [0.15, 0.2) is 24.4 Å². The minimum absolute atomic E-state index is 0.339. The lowest BCUT2D eigenvalue weighted by Crippen LogP contribution is -2.03. The maximum absolute atomic E-state index is 13.6. The molecule has 0 fully saturated rings. The lowest BCUT2D eigenvalue weighted by Gasteiger charge is -2.05. The minimum atomic E-state index is -1.36. The van der Waals surface area contributed by atoms with Gasteiger partial charge < -0.3 is 9.84 Å². The van der Waals surface area contributed by atoms with Crippen molar-refractivity contribution >= 4 is 11.7 Å². The number of aromatic nitrogens is 2. The third kappa shape index (κ3) is 3.05. The first kappa shape index (κ1) is 14.2. The van der Waals surface area contributed by atoms with Crippen LogP contribution in [0.1, 0.15) is 10.5 Å². The summed E-state index contributed by atoms with van der Waals surface area (Å²) >= 11 is 0. The van der Waals surface area contributed by atoms with E-state index in [-0.39, 0.29) is 0 Å². The number of nitrogens with zero attached hydrogens (tertiary/aromatic N) is 3. The van der Waals surface area contributed by atoms with Crippen LogP contribution in [0.25, 0.3) is 0 Å². The zero-order valence-electron chi connectivity index (χ0n) is 9.99. The smallest absolute Gasteiger partial charge is 0.354 e. The Hall–Kier alpha value is -3.17. The van der Waals surface area contributed by atoms with Gasteiger partial charge in [-0.15, -0.1) is 0 Å². The number of hydrogen-bond donors (Lipinski definition) is 1. The highest BCUT2D eigenvalue weighted by Gasteiger charge is 2.20. The van der Waals surface area contributed by atoms with Gasteiger partial charge in [0.15, 0.2) is 17.3 Å². The Morgan fingerprint density at radius 1 is 1.33 bits per heavy atom. The van der Waals surface area contributed by atoms with Crippen LogP contribution in [0.4, 0.5) is 14.5 Å². The number of rotatable bonds is 4. The monoisotopic (exact) mass is 297 g/mol. The number of nitro benzene ring substituents is 1. The molecule has 1 heterocycles. The molecule has 0 saturated heterocycles. The third-order valence-corrected chi connectivity index (χ3v) is 2.25. The number of aromatic carboxylic acids is 1. The van der Waals surface area contributed by atoms with Crippen LogP contribution in [0.3, 0.4) is 0 Å². The van der Waals surface area contributed by atoms with Gasteiger partial charge in [-0.2, -0.15) is 9.37 Å². The first-order valence-corrected chi connectivity index (χ1v) is 5.26. The van der Waals surface area contributed by atoms with E-state index in [0.717, 1.165) is 12.3 Å². The van der Waals surface area contributed by atoms with Crippen LogP contribution >= 0.6 is 0 Å². The number of ether oxygens (including phenoxy) is 1. The van der Waals surface area contributed by atoms with Gasteiger partial charge in [-0.3, -0.25) is 10.1 Å². The molecule has 2 rings (SSSR count). The van der Waals surface area contributed by atoms with Gasteiger partial charge in [-0.25, -0.2) is 14.2 Å². The van der Waals surface area contributed by atoms with Gasteiger partial charge in [-0.05, 0) is 6.07 Å². The maximum Gasteiger partial charge on any atom is 0.354 e. The van der Waals surface area contributed by atoms with Crippen molar-refractivity contribution in [3.8, 4) is 11.8 Å². The van der Waals surface area contributed by atoms with Crippen molar-refractivity contribution in [3.05, 3.63) is 51.8 Å². The van der Waals surface area contributed by atoms with Crippen LogP contribution in [-0.4, -0.2) is 26.0 Å². The van der Waals surface area contributed by atoms with E-state index < -0.39 is 45.7 Å². The molecule has 0 saturated carbocycles. The molecule has 10 heteroatoms. The molecular weight excluding hydrogens is 292 g/mol. The molecule has 2 aromatic rings. The van der Waals surface area contributed by atoms with Crippen LogP contribution in [0.5, 0.6) is 11.8 Å². The van der Waals surface area contributed by atoms with E-state index in [1.165, 1.54) is 0 Å². The predicted molar refractivity (Wildman–Crippen MR) is 62.1 cm³/mol. The van der Waals surface area contributed by atoms with Gasteiger partial charge in [0.2, 0.25) is 5.82 Å². The van der Waals surface area contributed by atoms with Gasteiger partial charge in [-0.1, -0.05) is 0 Å². The van der Waals surface area contributed by atoms with Gasteiger partial charge in [0.1, 0.15) is 0 Å². The number of carboxylic acid groups (broad SMARTS) is 1. The van der Waals surface area contributed by atoms with E-state index in [1.807, 2.05) is 0 Å². The Labute approximate surface area is 114 Å². The second-order valence-corrected chi connectivity index (χ2v) is 3.62. The number of carbonyl (C=O) groups is 1. The average Bonchev–Trinajstić information content (AvgIpc) is 2.42. The van der Waals surface area contributed by atoms with Crippen molar-refractivity contribution in [3.63, 3.8) is 0 Å². The summed E-state index contributed by atoms with van der Waals surface area (Å²) in [6.07, 6.45) is 1.05. The highest BCUT2D eigenvalue weighted by Crippen LogP contribution is 2.28. The number of carboxylic acids is 1. The van der Waals surface area contributed by atoms with Crippen LogP contribution in [-0.2, 0) is 0 Å². The van der Waals surface area contributed by atoms with E-state index in [2.05, 4.69) is 9.97 Å². The van der Waals surface area contributed by atoms with E-state index in [4.69, 9.17) is 9.84 Å². The molecule has 1 aromatic carbocycles. The molecule has 1 aromatic heterocycles. The molecule has 0 bridgehead atoms. The molecule has 1 N–H and O–H groups in total. The summed E-state index contributed by atoms with van der Waals surface area (Å²) in [6.45, 7) is 0. The summed E-state index contributed by atoms with van der Waals surface area (Å²) in [5, 5.41) is 19.1. The van der Waals surface area contributed by atoms with Crippen molar-refractivity contribution in [2.24, 2.45) is 0 Å². The van der Waals surface area contributed by atoms with Crippen LogP contribution in [0, 0.1) is 21.7 Å². The number of nitro groups is 1. The molecule has 0 spiro atoms. The first-order chi connectivity index (χ1) is 9.88. The van der Waals surface area contributed by atoms with Crippen molar-refractivity contribution in [1.82, 2.24) is 9.97 Å². The second kappa shape index (κ2) is 5.45. The summed E-state index contributed by atoms with van der Waals surface area (Å²) in [4.78, 5) is 27.0. The first-order valence-electron chi connectivity index (χ1n) is 5.26. The standard InChI is InChI=1S/C11H5F2N3O5/c12-5-4-9(6(13)3-8(5)16(19)20)21-11-14-2-1-7(15-11)10(17)18/h1-4H,(H,17,18). The molecule has 0 aliphatic rings. The molecule has 8 nitrogen and oxygen atoms in total. The summed E-state index contributed by atoms with van der Waals surface area (Å²) < 4.78 is 31.7. The van der Waals surface area contributed by atoms with E-state index in [0.29, 0.717) is 12.1 Å². The average molecular weight is 297 g/mol. The highest BCUT2D eigenvalue weighted by molar-refractivity contribution is 5.85. The quantitative estimate of drug-likeness (QED) is 0.678. The van der Waals surface area contributed by atoms with Crippen molar-refractivity contribution < 1.29 is 28.3 Å². The summed E-state index contributed by atoms with van der Waals surface area (Å²) in [5.41, 5.74) is -1.47. The second-order valence-electron chi connectivity index (χ2n) is 3.62. The lowest BCUT2D eigenvalue weighted by atomic mass is 10.3. The number of benzene rings is 1. The fourth-order valence-corrected chi connectivity index (χ4v) is 1.34. The maximum atomic E-state index is 13.6. The predicted octanol–water partition coefficient (Wildman–Crippen LogP) is 2.15. The molecule has 0 aliphatic heterocycles. The van der Waals surface area contributed by atoms with Gasteiger partial charge in [0, 0.05) is 12.3 Å². The largest absolute Gasteiger partial charge is 0.477 e. The molecule has 0 aliphatic carbocycles. The molecule has 0 radical (unpaired) electrons. The fourth-order valence-electron chi connectivity index (χ4n) is 1.34. The Bertz CT molecular complexity index is 738. The van der Waals surface area contributed by atoms with Gasteiger partial charge >= 0.3 is 17.7 Å². The van der Waals surface area contributed by atoms with Gasteiger partial charge in [0.05, 0.1) is 11.0 Å². The Balaban J connectivity index is 2.36. The summed E-state index contributed by atoms with van der Waals surface area (Å²) in [7, 11) is 0. The molecular formula is C11H5F2N3O5.